The molecule has 3 aromatic carbocycles. The number of para-hydroxylation sites is 2. The lowest BCUT2D eigenvalue weighted by atomic mass is 9.93. The lowest BCUT2D eigenvalue weighted by Crippen LogP contribution is -2.31. The van der Waals surface area contributed by atoms with Crippen LogP contribution in [0.2, 0.25) is 0 Å². The number of hydrogen-bond acceptors (Lipinski definition) is 5. The number of benzene rings is 3. The second-order valence-corrected chi connectivity index (χ2v) is 9.21. The summed E-state index contributed by atoms with van der Waals surface area (Å²) in [5.74, 6) is 1.86. The number of aryl methyl sites for hydroxylation is 2. The van der Waals surface area contributed by atoms with Crippen LogP contribution in [-0.2, 0) is 4.79 Å². The quantitative estimate of drug-likeness (QED) is 0.311. The van der Waals surface area contributed by atoms with Gasteiger partial charge in [0.1, 0.15) is 0 Å². The molecule has 1 amide bonds. The van der Waals surface area contributed by atoms with E-state index in [0.29, 0.717) is 36.2 Å². The predicted molar refractivity (Wildman–Crippen MR) is 148 cm³/mol. The first-order chi connectivity index (χ1) is 17.9. The van der Waals surface area contributed by atoms with Gasteiger partial charge in [0.2, 0.25) is 5.95 Å². The van der Waals surface area contributed by atoms with Gasteiger partial charge in [0.05, 0.1) is 35.9 Å². The van der Waals surface area contributed by atoms with Gasteiger partial charge in [-0.3, -0.25) is 9.36 Å². The minimum Gasteiger partial charge on any atom is -0.490 e. The topological polar surface area (TPSA) is 77.4 Å². The first kappa shape index (κ1) is 24.4. The van der Waals surface area contributed by atoms with Crippen molar-refractivity contribution in [2.24, 2.45) is 0 Å². The fourth-order valence-electron chi connectivity index (χ4n) is 4.95. The van der Waals surface area contributed by atoms with Crippen LogP contribution < -0.4 is 20.1 Å². The molecule has 0 radical (unpaired) electrons. The smallest absolute Gasteiger partial charge is 0.255 e. The van der Waals surface area contributed by atoms with E-state index >= 15 is 0 Å². The molecule has 0 bridgehead atoms. The number of nitrogens with zero attached hydrogens (tertiary/aromatic N) is 2. The Balaban J connectivity index is 1.67. The summed E-state index contributed by atoms with van der Waals surface area (Å²) in [6.07, 6.45) is 0. The highest BCUT2D eigenvalue weighted by Crippen LogP contribution is 2.42. The van der Waals surface area contributed by atoms with E-state index < -0.39 is 6.04 Å². The fourth-order valence-corrected chi connectivity index (χ4v) is 4.95. The average Bonchev–Trinajstić information content (AvgIpc) is 3.24. The standard InChI is InChI=1S/C30H32N4O3/c1-6-36-25-15-13-21(17-26(25)37-7-2)28-27(29(35)32-22-14-12-18(3)16-19(22)4)20(5)31-30-33-23-10-8-9-11-24(23)34(28)30/h8-17,28H,6-7H2,1-5H3,(H,31,33)(H,32,35)/t28-/m1/s1. The highest BCUT2D eigenvalue weighted by atomic mass is 16.5. The van der Waals surface area contributed by atoms with Gasteiger partial charge < -0.3 is 20.1 Å². The van der Waals surface area contributed by atoms with Crippen molar-refractivity contribution in [1.82, 2.24) is 9.55 Å². The molecule has 0 saturated heterocycles. The number of carbonyl (C=O) groups is 1. The van der Waals surface area contributed by atoms with E-state index in [1.165, 1.54) is 0 Å². The van der Waals surface area contributed by atoms with Crippen molar-refractivity contribution in [3.63, 3.8) is 0 Å². The number of nitrogens with one attached hydrogen (secondary N) is 2. The Morgan fingerprint density at radius 1 is 0.973 bits per heavy atom. The number of rotatable bonds is 7. The van der Waals surface area contributed by atoms with Crippen LogP contribution in [0.3, 0.4) is 0 Å². The van der Waals surface area contributed by atoms with E-state index in [-0.39, 0.29) is 5.91 Å². The molecule has 190 valence electrons. The summed E-state index contributed by atoms with van der Waals surface area (Å²) in [4.78, 5) is 18.8. The van der Waals surface area contributed by atoms with Crippen molar-refractivity contribution < 1.29 is 14.3 Å². The van der Waals surface area contributed by atoms with E-state index in [1.54, 1.807) is 0 Å². The van der Waals surface area contributed by atoms with Crippen LogP contribution in [0.15, 0.2) is 71.9 Å². The molecule has 1 aliphatic heterocycles. The summed E-state index contributed by atoms with van der Waals surface area (Å²) in [6.45, 7) is 10.9. The molecule has 7 heteroatoms. The molecule has 1 atom stereocenters. The van der Waals surface area contributed by atoms with Crippen molar-refractivity contribution in [2.45, 2.75) is 40.7 Å². The van der Waals surface area contributed by atoms with Gasteiger partial charge in [0, 0.05) is 11.4 Å². The number of imidazole rings is 1. The van der Waals surface area contributed by atoms with Gasteiger partial charge >= 0.3 is 0 Å². The maximum Gasteiger partial charge on any atom is 0.255 e. The highest BCUT2D eigenvalue weighted by molar-refractivity contribution is 6.06. The number of ether oxygens (including phenoxy) is 2. The number of hydrogen-bond donors (Lipinski definition) is 2. The highest BCUT2D eigenvalue weighted by Gasteiger charge is 2.34. The molecule has 0 unspecified atom stereocenters. The van der Waals surface area contributed by atoms with Crippen LogP contribution in [0.5, 0.6) is 11.5 Å². The molecule has 0 aliphatic carbocycles. The summed E-state index contributed by atoms with van der Waals surface area (Å²) >= 11 is 0. The average molecular weight is 497 g/mol. The molecule has 1 aromatic heterocycles. The molecule has 1 aliphatic rings. The molecule has 0 saturated carbocycles. The van der Waals surface area contributed by atoms with Crippen molar-refractivity contribution in [3.05, 3.63) is 88.6 Å². The normalized spacial score (nSPS) is 14.8. The van der Waals surface area contributed by atoms with E-state index in [1.807, 2.05) is 89.2 Å². The third-order valence-corrected chi connectivity index (χ3v) is 6.59. The van der Waals surface area contributed by atoms with Crippen LogP contribution in [0.1, 0.15) is 43.5 Å². The molecule has 4 aromatic rings. The Morgan fingerprint density at radius 3 is 2.49 bits per heavy atom. The third kappa shape index (κ3) is 4.53. The summed E-state index contributed by atoms with van der Waals surface area (Å²) in [6, 6.07) is 19.4. The van der Waals surface area contributed by atoms with Gasteiger partial charge in [-0.05, 0) is 76.1 Å². The minimum atomic E-state index is -0.427. The number of aromatic nitrogens is 2. The Kier molecular flexibility index (Phi) is 6.61. The summed E-state index contributed by atoms with van der Waals surface area (Å²) in [5, 5.41) is 6.53. The Morgan fingerprint density at radius 2 is 1.73 bits per heavy atom. The summed E-state index contributed by atoms with van der Waals surface area (Å²) in [5.41, 5.74) is 7.02. The first-order valence-electron chi connectivity index (χ1n) is 12.6. The van der Waals surface area contributed by atoms with Crippen LogP contribution in [0.25, 0.3) is 11.0 Å². The Bertz CT molecular complexity index is 1520. The summed E-state index contributed by atoms with van der Waals surface area (Å²) < 4.78 is 13.8. The van der Waals surface area contributed by atoms with Crippen molar-refractivity contribution in [1.29, 1.82) is 0 Å². The van der Waals surface area contributed by atoms with Crippen LogP contribution in [0, 0.1) is 13.8 Å². The van der Waals surface area contributed by atoms with Crippen LogP contribution in [-0.4, -0.2) is 28.7 Å². The van der Waals surface area contributed by atoms with Gasteiger partial charge in [-0.25, -0.2) is 4.98 Å². The maximum absolute atomic E-state index is 13.9. The van der Waals surface area contributed by atoms with Crippen LogP contribution in [0.4, 0.5) is 11.6 Å². The molecule has 37 heavy (non-hydrogen) atoms. The molecular weight excluding hydrogens is 464 g/mol. The number of amides is 1. The van der Waals surface area contributed by atoms with E-state index in [0.717, 1.165) is 39.1 Å². The van der Waals surface area contributed by atoms with Crippen molar-refractivity contribution >= 4 is 28.6 Å². The lowest BCUT2D eigenvalue weighted by molar-refractivity contribution is -0.113. The maximum atomic E-state index is 13.9. The lowest BCUT2D eigenvalue weighted by Gasteiger charge is -2.31. The summed E-state index contributed by atoms with van der Waals surface area (Å²) in [7, 11) is 0. The Hall–Kier alpha value is -4.26. The molecule has 2 N–H and O–H groups in total. The number of allylic oxidation sites excluding steroid dienone is 1. The second-order valence-electron chi connectivity index (χ2n) is 9.21. The monoisotopic (exact) mass is 496 g/mol. The zero-order chi connectivity index (χ0) is 26.1. The number of fused-ring (bicyclic) bond motifs is 3. The predicted octanol–water partition coefficient (Wildman–Crippen LogP) is 6.38. The SMILES string of the molecule is CCOc1ccc([C@@H]2C(C(=O)Nc3ccc(C)cc3C)=C(C)Nc3nc4ccccc4n32)cc1OCC. The fraction of sp³-hybridized carbons (Fsp3) is 0.267. The largest absolute Gasteiger partial charge is 0.490 e. The first-order valence-corrected chi connectivity index (χ1v) is 12.6. The van der Waals surface area contributed by atoms with Gasteiger partial charge in [0.25, 0.3) is 5.91 Å². The van der Waals surface area contributed by atoms with Crippen molar-refractivity contribution in [3.8, 4) is 11.5 Å². The van der Waals surface area contributed by atoms with E-state index in [9.17, 15) is 4.79 Å². The molecule has 0 spiro atoms. The van der Waals surface area contributed by atoms with Gasteiger partial charge in [-0.1, -0.05) is 35.9 Å². The van der Waals surface area contributed by atoms with Crippen LogP contribution >= 0.6 is 0 Å². The Labute approximate surface area is 217 Å². The molecule has 0 fully saturated rings. The van der Waals surface area contributed by atoms with E-state index in [2.05, 4.69) is 21.3 Å². The second kappa shape index (κ2) is 10.0. The number of carbonyl (C=O) groups excluding carboxylic acids is 1. The van der Waals surface area contributed by atoms with Gasteiger partial charge in [-0.15, -0.1) is 0 Å². The molecular formula is C30H32N4O3. The van der Waals surface area contributed by atoms with Gasteiger partial charge in [-0.2, -0.15) is 0 Å². The third-order valence-electron chi connectivity index (χ3n) is 6.59. The van der Waals surface area contributed by atoms with Crippen molar-refractivity contribution in [2.75, 3.05) is 23.8 Å². The molecule has 7 nitrogen and oxygen atoms in total. The molecule has 5 rings (SSSR count). The van der Waals surface area contributed by atoms with E-state index in [4.69, 9.17) is 14.5 Å². The molecule has 2 heterocycles. The zero-order valence-corrected chi connectivity index (χ0v) is 21.9. The zero-order valence-electron chi connectivity index (χ0n) is 21.9. The van der Waals surface area contributed by atoms with Gasteiger partial charge in [0.15, 0.2) is 11.5 Å². The minimum absolute atomic E-state index is 0.169. The number of anilines is 2.